The molecule has 30 heavy (non-hydrogen) atoms. The van der Waals surface area contributed by atoms with E-state index in [9.17, 15) is 14.7 Å². The standard InChI is InChI=1S/C21H26N4O3S2/c1-2-11-25-18(13-7-4-3-5-8-13)23-24-21(25)29-12-16(26)22-19-17(20(27)28)14-9-6-10-15(14)30-19/h2,13H,1,3-12H2,(H,22,26)(H,27,28). The van der Waals surface area contributed by atoms with Gasteiger partial charge in [-0.3, -0.25) is 4.79 Å². The Kier molecular flexibility index (Phi) is 6.58. The largest absolute Gasteiger partial charge is 0.478 e. The molecule has 0 bridgehead atoms. The third-order valence-corrected chi connectivity index (χ3v) is 7.92. The molecule has 2 aliphatic rings. The van der Waals surface area contributed by atoms with E-state index < -0.39 is 5.97 Å². The summed E-state index contributed by atoms with van der Waals surface area (Å²) in [6, 6.07) is 0. The number of anilines is 1. The number of carboxylic acid groups (broad SMARTS) is 1. The first-order valence-electron chi connectivity index (χ1n) is 10.4. The van der Waals surface area contributed by atoms with E-state index in [1.165, 1.54) is 42.4 Å². The number of hydrogen-bond donors (Lipinski definition) is 2. The number of aromatic carboxylic acids is 1. The van der Waals surface area contributed by atoms with Crippen LogP contribution in [0.5, 0.6) is 0 Å². The average Bonchev–Trinajstić information content (AvgIpc) is 3.42. The van der Waals surface area contributed by atoms with Crippen LogP contribution in [0.1, 0.15) is 71.1 Å². The van der Waals surface area contributed by atoms with Gasteiger partial charge in [-0.25, -0.2) is 4.79 Å². The maximum Gasteiger partial charge on any atom is 0.339 e. The summed E-state index contributed by atoms with van der Waals surface area (Å²) in [6.45, 7) is 4.46. The van der Waals surface area contributed by atoms with Gasteiger partial charge in [-0.1, -0.05) is 37.1 Å². The Balaban J connectivity index is 1.44. The third-order valence-electron chi connectivity index (χ3n) is 5.75. The number of carboxylic acids is 1. The Morgan fingerprint density at radius 1 is 1.23 bits per heavy atom. The molecule has 1 fully saturated rings. The Morgan fingerprint density at radius 2 is 2.03 bits per heavy atom. The minimum atomic E-state index is -0.972. The minimum absolute atomic E-state index is 0.154. The summed E-state index contributed by atoms with van der Waals surface area (Å²) in [5.74, 6) is 0.359. The second kappa shape index (κ2) is 9.34. The lowest BCUT2D eigenvalue weighted by atomic mass is 9.89. The molecule has 2 aliphatic carbocycles. The quantitative estimate of drug-likeness (QED) is 0.458. The van der Waals surface area contributed by atoms with Gasteiger partial charge in [0.15, 0.2) is 5.16 Å². The minimum Gasteiger partial charge on any atom is -0.478 e. The van der Waals surface area contributed by atoms with Crippen molar-refractivity contribution in [3.63, 3.8) is 0 Å². The van der Waals surface area contributed by atoms with E-state index in [0.717, 1.165) is 48.4 Å². The number of allylic oxidation sites excluding steroid dienone is 1. The topological polar surface area (TPSA) is 97.1 Å². The van der Waals surface area contributed by atoms with Crippen molar-refractivity contribution >= 4 is 40.0 Å². The van der Waals surface area contributed by atoms with Gasteiger partial charge in [0.25, 0.3) is 0 Å². The number of thiophene rings is 1. The lowest BCUT2D eigenvalue weighted by Crippen LogP contribution is -2.16. The lowest BCUT2D eigenvalue weighted by Gasteiger charge is -2.21. The van der Waals surface area contributed by atoms with Crippen molar-refractivity contribution in [3.05, 3.63) is 34.5 Å². The van der Waals surface area contributed by atoms with Crippen LogP contribution in [0.2, 0.25) is 0 Å². The smallest absolute Gasteiger partial charge is 0.339 e. The number of rotatable bonds is 8. The number of thioether (sulfide) groups is 1. The molecule has 9 heteroatoms. The molecule has 4 rings (SSSR count). The molecule has 0 aliphatic heterocycles. The summed E-state index contributed by atoms with van der Waals surface area (Å²) < 4.78 is 2.06. The molecule has 0 saturated heterocycles. The zero-order chi connectivity index (χ0) is 21.1. The summed E-state index contributed by atoms with van der Waals surface area (Å²) in [6.07, 6.45) is 10.4. The number of amides is 1. The predicted octanol–water partition coefficient (Wildman–Crippen LogP) is 4.49. The number of nitrogens with zero attached hydrogens (tertiary/aromatic N) is 3. The van der Waals surface area contributed by atoms with Crippen LogP contribution in [0, 0.1) is 0 Å². The molecule has 0 spiro atoms. The van der Waals surface area contributed by atoms with Crippen molar-refractivity contribution in [1.29, 1.82) is 0 Å². The fourth-order valence-electron chi connectivity index (χ4n) is 4.38. The van der Waals surface area contributed by atoms with Crippen LogP contribution in [-0.4, -0.2) is 37.5 Å². The van der Waals surface area contributed by atoms with E-state index in [2.05, 4.69) is 26.7 Å². The highest BCUT2D eigenvalue weighted by Gasteiger charge is 2.27. The van der Waals surface area contributed by atoms with E-state index >= 15 is 0 Å². The van der Waals surface area contributed by atoms with Crippen LogP contribution in [0.3, 0.4) is 0 Å². The first-order valence-corrected chi connectivity index (χ1v) is 12.2. The van der Waals surface area contributed by atoms with E-state index in [-0.39, 0.29) is 17.2 Å². The molecule has 1 amide bonds. The van der Waals surface area contributed by atoms with Crippen molar-refractivity contribution in [2.75, 3.05) is 11.1 Å². The Hall–Kier alpha value is -2.13. The van der Waals surface area contributed by atoms with Crippen LogP contribution in [0.4, 0.5) is 5.00 Å². The second-order valence-electron chi connectivity index (χ2n) is 7.78. The van der Waals surface area contributed by atoms with Crippen molar-refractivity contribution in [3.8, 4) is 0 Å². The Labute approximate surface area is 184 Å². The maximum atomic E-state index is 12.6. The van der Waals surface area contributed by atoms with Crippen LogP contribution >= 0.6 is 23.1 Å². The molecule has 0 aromatic carbocycles. The van der Waals surface area contributed by atoms with Gasteiger partial charge in [-0.15, -0.1) is 28.1 Å². The van der Waals surface area contributed by atoms with Crippen molar-refractivity contribution in [2.24, 2.45) is 0 Å². The Bertz CT molecular complexity index is 960. The Morgan fingerprint density at radius 3 is 2.77 bits per heavy atom. The molecule has 2 N–H and O–H groups in total. The number of carbonyl (C=O) groups excluding carboxylic acids is 1. The maximum absolute atomic E-state index is 12.6. The summed E-state index contributed by atoms with van der Waals surface area (Å²) in [5.41, 5.74) is 1.15. The van der Waals surface area contributed by atoms with Gasteiger partial charge in [-0.05, 0) is 37.7 Å². The summed E-state index contributed by atoms with van der Waals surface area (Å²) >= 11 is 2.72. The monoisotopic (exact) mass is 446 g/mol. The molecule has 7 nitrogen and oxygen atoms in total. The SMILES string of the molecule is C=CCn1c(SCC(=O)Nc2sc3c(c2C(=O)O)CCC3)nnc1C1CCCCC1. The fourth-order valence-corrected chi connectivity index (χ4v) is 6.43. The second-order valence-corrected chi connectivity index (χ2v) is 9.83. The van der Waals surface area contributed by atoms with Gasteiger partial charge in [0.05, 0.1) is 11.3 Å². The number of hydrogen-bond acceptors (Lipinski definition) is 6. The van der Waals surface area contributed by atoms with Gasteiger partial charge in [0.1, 0.15) is 10.8 Å². The zero-order valence-electron chi connectivity index (χ0n) is 16.9. The van der Waals surface area contributed by atoms with Crippen LogP contribution in [-0.2, 0) is 24.2 Å². The first-order chi connectivity index (χ1) is 14.6. The highest BCUT2D eigenvalue weighted by Crippen LogP contribution is 2.39. The molecule has 2 aromatic heterocycles. The highest BCUT2D eigenvalue weighted by atomic mass is 32.2. The zero-order valence-corrected chi connectivity index (χ0v) is 18.5. The lowest BCUT2D eigenvalue weighted by molar-refractivity contribution is -0.113. The third kappa shape index (κ3) is 4.32. The van der Waals surface area contributed by atoms with Gasteiger partial charge in [0.2, 0.25) is 5.91 Å². The highest BCUT2D eigenvalue weighted by molar-refractivity contribution is 7.99. The number of aryl methyl sites for hydroxylation is 1. The molecule has 1 saturated carbocycles. The van der Waals surface area contributed by atoms with Gasteiger partial charge in [-0.2, -0.15) is 0 Å². The molecule has 0 unspecified atom stereocenters. The molecular formula is C21H26N4O3S2. The molecule has 2 heterocycles. The summed E-state index contributed by atoms with van der Waals surface area (Å²) in [4.78, 5) is 25.3. The average molecular weight is 447 g/mol. The normalized spacial score (nSPS) is 16.4. The fraction of sp³-hybridized carbons (Fsp3) is 0.524. The van der Waals surface area contributed by atoms with E-state index in [1.807, 2.05) is 6.08 Å². The predicted molar refractivity (Wildman–Crippen MR) is 119 cm³/mol. The van der Waals surface area contributed by atoms with Crippen molar-refractivity contribution < 1.29 is 14.7 Å². The van der Waals surface area contributed by atoms with Gasteiger partial charge < -0.3 is 15.0 Å². The molecular weight excluding hydrogens is 420 g/mol. The number of aromatic nitrogens is 3. The number of nitrogens with one attached hydrogen (secondary N) is 1. The van der Waals surface area contributed by atoms with E-state index in [4.69, 9.17) is 0 Å². The first kappa shape index (κ1) is 21.1. The number of carbonyl (C=O) groups is 2. The summed E-state index contributed by atoms with van der Waals surface area (Å²) in [7, 11) is 0. The number of fused-ring (bicyclic) bond motifs is 1. The van der Waals surface area contributed by atoms with Crippen LogP contribution in [0.15, 0.2) is 17.8 Å². The molecule has 0 radical (unpaired) electrons. The van der Waals surface area contributed by atoms with Gasteiger partial charge >= 0.3 is 5.97 Å². The molecule has 160 valence electrons. The summed E-state index contributed by atoms with van der Waals surface area (Å²) in [5, 5.41) is 22.3. The van der Waals surface area contributed by atoms with E-state index in [1.54, 1.807) is 0 Å². The van der Waals surface area contributed by atoms with Crippen molar-refractivity contribution in [2.45, 2.75) is 69.0 Å². The van der Waals surface area contributed by atoms with Crippen LogP contribution < -0.4 is 5.32 Å². The van der Waals surface area contributed by atoms with Gasteiger partial charge in [0, 0.05) is 17.3 Å². The van der Waals surface area contributed by atoms with E-state index in [0.29, 0.717) is 22.6 Å². The van der Waals surface area contributed by atoms with Crippen LogP contribution in [0.25, 0.3) is 0 Å². The van der Waals surface area contributed by atoms with Crippen molar-refractivity contribution in [1.82, 2.24) is 14.8 Å². The molecule has 0 atom stereocenters. The molecule has 2 aromatic rings.